The molecule has 0 spiro atoms. The van der Waals surface area contributed by atoms with E-state index in [1.54, 1.807) is 24.3 Å². The molecule has 0 saturated carbocycles. The molecule has 4 aliphatic heterocycles. The summed E-state index contributed by atoms with van der Waals surface area (Å²) in [4.78, 5) is 76.8. The van der Waals surface area contributed by atoms with Crippen molar-refractivity contribution in [2.45, 2.75) is 61.9 Å². The van der Waals surface area contributed by atoms with Crippen LogP contribution in [0.15, 0.2) is 24.3 Å². The second-order valence-corrected chi connectivity index (χ2v) is 14.6. The summed E-state index contributed by atoms with van der Waals surface area (Å²) >= 11 is 1.89. The molecule has 0 bridgehead atoms. The van der Waals surface area contributed by atoms with Crippen LogP contribution in [0.1, 0.15) is 59.2 Å². The predicted molar refractivity (Wildman–Crippen MR) is 199 cm³/mol. The van der Waals surface area contributed by atoms with Crippen molar-refractivity contribution in [2.75, 3.05) is 98.1 Å². The van der Waals surface area contributed by atoms with E-state index in [9.17, 15) is 28.8 Å². The number of piperidine rings is 1. The lowest BCUT2D eigenvalue weighted by Crippen LogP contribution is -2.56. The first kappa shape index (κ1) is 42.5. The molecule has 3 N–H and O–H groups in total. The van der Waals surface area contributed by atoms with Crippen LogP contribution in [-0.2, 0) is 42.8 Å². The van der Waals surface area contributed by atoms with Crippen LogP contribution in [0.25, 0.3) is 0 Å². The van der Waals surface area contributed by atoms with Crippen molar-refractivity contribution in [1.82, 2.24) is 25.8 Å². The van der Waals surface area contributed by atoms with Gasteiger partial charge in [0, 0.05) is 30.4 Å². The van der Waals surface area contributed by atoms with E-state index in [0.717, 1.165) is 34.8 Å². The highest BCUT2D eigenvalue weighted by Crippen LogP contribution is 2.33. The van der Waals surface area contributed by atoms with E-state index < -0.39 is 23.8 Å². The van der Waals surface area contributed by atoms with Gasteiger partial charge < -0.3 is 44.4 Å². The Labute approximate surface area is 325 Å². The van der Waals surface area contributed by atoms with Gasteiger partial charge in [0.25, 0.3) is 17.7 Å². The summed E-state index contributed by atoms with van der Waals surface area (Å²) in [6.07, 6.45) is 3.42. The topological polar surface area (TPSA) is 200 Å². The number of hydrogen-bond acceptors (Lipinski definition) is 13. The van der Waals surface area contributed by atoms with Crippen LogP contribution in [0.2, 0.25) is 0 Å². The van der Waals surface area contributed by atoms with Crippen LogP contribution in [0.4, 0.5) is 4.79 Å². The first-order valence-corrected chi connectivity index (χ1v) is 20.1. The molecule has 0 aromatic heterocycles. The minimum Gasteiger partial charge on any atom is -0.377 e. The van der Waals surface area contributed by atoms with E-state index in [4.69, 9.17) is 28.4 Å². The average molecular weight is 792 g/mol. The molecule has 18 heteroatoms. The number of fused-ring (bicyclic) bond motifs is 2. The zero-order valence-electron chi connectivity index (χ0n) is 31.2. The molecule has 1 unspecified atom stereocenters. The molecule has 3 fully saturated rings. The SMILES string of the molecule is O=C(CCCC[C@H]1SC[C@H]2NC(=O)N[C@H]21)NCCOCCOCCOCCOCCOCCOCCN1C(=O)CCC(N2C(=O)c3ccccc3C2=O)C1=O. The van der Waals surface area contributed by atoms with Gasteiger partial charge in [-0.2, -0.15) is 11.8 Å². The summed E-state index contributed by atoms with van der Waals surface area (Å²) in [5, 5.41) is 9.24. The molecule has 3 saturated heterocycles. The number of amides is 7. The maximum atomic E-state index is 13.1. The number of unbranched alkanes of at least 4 members (excludes halogenated alkanes) is 1. The number of carbonyl (C=O) groups excluding carboxylic acids is 6. The standard InChI is InChI=1S/C37H53N5O12S/c43-31(8-4-3-7-30-33-28(25-55-30)39-37(48)40-33)38-11-13-49-15-17-51-19-21-53-23-24-54-22-20-52-18-16-50-14-12-41-32(44)10-9-29(36(41)47)42-34(45)26-5-1-2-6-27(26)35(42)46/h1-2,5-6,28-30,33H,3-4,7-25H2,(H,38,43)(H2,39,40,48)/t28-,29?,30-,33-/m1/s1. The minimum absolute atomic E-state index is 0.0199. The van der Waals surface area contributed by atoms with Crippen LogP contribution in [0.5, 0.6) is 0 Å². The van der Waals surface area contributed by atoms with Gasteiger partial charge in [0.05, 0.1) is 109 Å². The second-order valence-electron chi connectivity index (χ2n) is 13.4. The number of benzene rings is 1. The van der Waals surface area contributed by atoms with Crippen molar-refractivity contribution in [2.24, 2.45) is 0 Å². The molecule has 4 heterocycles. The Morgan fingerprint density at radius 3 is 1.91 bits per heavy atom. The number of imide groups is 2. The lowest BCUT2D eigenvalue weighted by Gasteiger charge is -2.34. The van der Waals surface area contributed by atoms with Gasteiger partial charge in [0.15, 0.2) is 0 Å². The molecule has 0 aliphatic carbocycles. The number of rotatable bonds is 27. The molecule has 4 aliphatic rings. The monoisotopic (exact) mass is 791 g/mol. The summed E-state index contributed by atoms with van der Waals surface area (Å²) in [7, 11) is 0. The lowest BCUT2D eigenvalue weighted by atomic mass is 10.0. The average Bonchev–Trinajstić information content (AvgIpc) is 3.82. The normalized spacial score (nSPS) is 21.9. The zero-order valence-corrected chi connectivity index (χ0v) is 32.0. The third kappa shape index (κ3) is 12.7. The van der Waals surface area contributed by atoms with Crippen LogP contribution in [-0.4, -0.2) is 167 Å². The van der Waals surface area contributed by atoms with Gasteiger partial charge in [0.2, 0.25) is 11.8 Å². The molecular formula is C37H53N5O12S. The largest absolute Gasteiger partial charge is 0.377 e. The summed E-state index contributed by atoms with van der Waals surface area (Å²) < 4.78 is 33.0. The number of ether oxygens (including phenoxy) is 6. The first-order chi connectivity index (χ1) is 26.8. The number of thioether (sulfide) groups is 1. The maximum Gasteiger partial charge on any atom is 0.315 e. The summed E-state index contributed by atoms with van der Waals surface area (Å²) in [6.45, 7) is 4.85. The van der Waals surface area contributed by atoms with Gasteiger partial charge in [-0.1, -0.05) is 18.6 Å². The highest BCUT2D eigenvalue weighted by atomic mass is 32.2. The number of urea groups is 1. The Kier molecular flexibility index (Phi) is 17.6. The van der Waals surface area contributed by atoms with Crippen LogP contribution >= 0.6 is 11.8 Å². The summed E-state index contributed by atoms with van der Waals surface area (Å²) in [5.74, 6) is -1.00. The smallest absolute Gasteiger partial charge is 0.315 e. The molecule has 1 aromatic carbocycles. The molecule has 5 rings (SSSR count). The van der Waals surface area contributed by atoms with E-state index in [1.165, 1.54) is 0 Å². The van der Waals surface area contributed by atoms with Crippen molar-refractivity contribution in [3.8, 4) is 0 Å². The van der Waals surface area contributed by atoms with Crippen molar-refractivity contribution < 1.29 is 57.2 Å². The number of carbonyl (C=O) groups is 6. The van der Waals surface area contributed by atoms with Crippen LogP contribution in [0.3, 0.4) is 0 Å². The fourth-order valence-electron chi connectivity index (χ4n) is 6.77. The van der Waals surface area contributed by atoms with Crippen LogP contribution in [0, 0.1) is 0 Å². The molecule has 1 aromatic rings. The Balaban J connectivity index is 0.746. The van der Waals surface area contributed by atoms with Crippen LogP contribution < -0.4 is 16.0 Å². The third-order valence-electron chi connectivity index (χ3n) is 9.59. The van der Waals surface area contributed by atoms with Crippen molar-refractivity contribution >= 4 is 47.3 Å². The quantitative estimate of drug-likeness (QED) is 0.0641. The van der Waals surface area contributed by atoms with Gasteiger partial charge in [-0.05, 0) is 31.4 Å². The molecule has 7 amide bonds. The highest BCUT2D eigenvalue weighted by molar-refractivity contribution is 8.00. The Bertz CT molecular complexity index is 1430. The predicted octanol–water partition coefficient (Wildman–Crippen LogP) is 0.742. The lowest BCUT2D eigenvalue weighted by molar-refractivity contribution is -0.152. The Hall–Kier alpha value is -3.65. The number of likely N-dealkylation sites (tertiary alicyclic amines) is 1. The van der Waals surface area contributed by atoms with Gasteiger partial charge in [-0.15, -0.1) is 0 Å². The molecule has 17 nitrogen and oxygen atoms in total. The fraction of sp³-hybridized carbons (Fsp3) is 0.676. The summed E-state index contributed by atoms with van der Waals surface area (Å²) in [6, 6.07) is 5.79. The summed E-state index contributed by atoms with van der Waals surface area (Å²) in [5.41, 5.74) is 0.527. The molecular weight excluding hydrogens is 738 g/mol. The first-order valence-electron chi connectivity index (χ1n) is 19.1. The Morgan fingerprint density at radius 2 is 1.31 bits per heavy atom. The van der Waals surface area contributed by atoms with Crippen molar-refractivity contribution in [3.63, 3.8) is 0 Å². The van der Waals surface area contributed by atoms with Gasteiger partial charge >= 0.3 is 6.03 Å². The molecule has 304 valence electrons. The van der Waals surface area contributed by atoms with E-state index in [-0.39, 0.29) is 73.7 Å². The number of nitrogens with zero attached hydrogens (tertiary/aromatic N) is 2. The fourth-order valence-corrected chi connectivity index (χ4v) is 8.31. The Morgan fingerprint density at radius 1 is 0.745 bits per heavy atom. The molecule has 0 radical (unpaired) electrons. The van der Waals surface area contributed by atoms with E-state index in [0.29, 0.717) is 84.3 Å². The molecule has 55 heavy (non-hydrogen) atoms. The van der Waals surface area contributed by atoms with Gasteiger partial charge in [0.1, 0.15) is 6.04 Å². The highest BCUT2D eigenvalue weighted by Gasteiger charge is 2.47. The van der Waals surface area contributed by atoms with E-state index in [2.05, 4.69) is 16.0 Å². The van der Waals surface area contributed by atoms with E-state index in [1.807, 2.05) is 11.8 Å². The maximum absolute atomic E-state index is 13.1. The minimum atomic E-state index is -1.02. The number of hydrogen-bond donors (Lipinski definition) is 3. The second kappa shape index (κ2) is 22.8. The molecule has 4 atom stereocenters. The van der Waals surface area contributed by atoms with Crippen molar-refractivity contribution in [3.05, 3.63) is 35.4 Å². The number of nitrogens with one attached hydrogen (secondary N) is 3. The van der Waals surface area contributed by atoms with Crippen molar-refractivity contribution in [1.29, 1.82) is 0 Å². The third-order valence-corrected chi connectivity index (χ3v) is 11.1. The van der Waals surface area contributed by atoms with Gasteiger partial charge in [-0.3, -0.25) is 33.8 Å². The zero-order chi connectivity index (χ0) is 38.8. The van der Waals surface area contributed by atoms with E-state index >= 15 is 0 Å². The van der Waals surface area contributed by atoms with Gasteiger partial charge in [-0.25, -0.2) is 4.79 Å².